The molecule has 1 heterocycles. The molecule has 0 aliphatic carbocycles. The highest BCUT2D eigenvalue weighted by molar-refractivity contribution is 5.75. The molecule has 0 saturated carbocycles. The van der Waals surface area contributed by atoms with Gasteiger partial charge >= 0.3 is 0 Å². The summed E-state index contributed by atoms with van der Waals surface area (Å²) in [5.74, 6) is 0.512. The molecule has 3 N–H and O–H groups in total. The van der Waals surface area contributed by atoms with Crippen molar-refractivity contribution >= 4 is 5.91 Å². The maximum absolute atomic E-state index is 11.5. The second-order valence-corrected chi connectivity index (χ2v) is 4.32. The lowest BCUT2D eigenvalue weighted by Crippen LogP contribution is -2.33. The highest BCUT2D eigenvalue weighted by Gasteiger charge is 2.26. The van der Waals surface area contributed by atoms with Crippen LogP contribution in [0.3, 0.4) is 0 Å². The molecule has 1 rings (SSSR count). The Bertz CT molecular complexity index is 224. The number of carbonyl (C=O) groups is 1. The molecule has 0 aromatic carbocycles. The van der Waals surface area contributed by atoms with Gasteiger partial charge in [-0.25, -0.2) is 0 Å². The van der Waals surface area contributed by atoms with Crippen molar-refractivity contribution in [2.24, 2.45) is 11.7 Å². The van der Waals surface area contributed by atoms with Gasteiger partial charge < -0.3 is 20.5 Å². The smallest absolute Gasteiger partial charge is 0.222 e. The maximum Gasteiger partial charge on any atom is 0.222 e. The van der Waals surface area contributed by atoms with E-state index in [0.29, 0.717) is 44.7 Å². The van der Waals surface area contributed by atoms with Crippen molar-refractivity contribution in [3.05, 3.63) is 0 Å². The Balaban J connectivity index is 2.06. The molecule has 17 heavy (non-hydrogen) atoms. The van der Waals surface area contributed by atoms with Crippen molar-refractivity contribution in [2.45, 2.75) is 32.3 Å². The quantitative estimate of drug-likeness (QED) is 0.602. The van der Waals surface area contributed by atoms with Crippen LogP contribution in [0.15, 0.2) is 0 Å². The van der Waals surface area contributed by atoms with E-state index in [1.165, 1.54) is 0 Å². The lowest BCUT2D eigenvalue weighted by molar-refractivity contribution is -0.122. The van der Waals surface area contributed by atoms with E-state index >= 15 is 0 Å². The molecule has 5 nitrogen and oxygen atoms in total. The van der Waals surface area contributed by atoms with Crippen LogP contribution in [0.5, 0.6) is 0 Å². The number of nitrogens with two attached hydrogens (primary N) is 1. The Kier molecular flexibility index (Phi) is 7.16. The summed E-state index contributed by atoms with van der Waals surface area (Å²) in [5.41, 5.74) is 5.28. The minimum Gasteiger partial charge on any atom is -0.380 e. The van der Waals surface area contributed by atoms with Gasteiger partial charge in [-0.15, -0.1) is 0 Å². The van der Waals surface area contributed by atoms with Crippen molar-refractivity contribution < 1.29 is 14.3 Å². The molecule has 0 spiro atoms. The Hall–Kier alpha value is -0.650. The molecule has 0 aromatic rings. The zero-order valence-electron chi connectivity index (χ0n) is 10.6. The monoisotopic (exact) mass is 244 g/mol. The van der Waals surface area contributed by atoms with E-state index in [-0.39, 0.29) is 5.91 Å². The minimum absolute atomic E-state index is 0.0452. The molecular formula is C12H24N2O3. The van der Waals surface area contributed by atoms with Crippen molar-refractivity contribution in [3.8, 4) is 0 Å². The molecule has 1 aliphatic rings. The van der Waals surface area contributed by atoms with E-state index in [9.17, 15) is 4.79 Å². The summed E-state index contributed by atoms with van der Waals surface area (Å²) in [4.78, 5) is 11.5. The van der Waals surface area contributed by atoms with Gasteiger partial charge in [0.1, 0.15) is 0 Å². The van der Waals surface area contributed by atoms with E-state index < -0.39 is 0 Å². The van der Waals surface area contributed by atoms with E-state index in [2.05, 4.69) is 12.2 Å². The van der Waals surface area contributed by atoms with E-state index in [0.717, 1.165) is 19.4 Å². The van der Waals surface area contributed by atoms with Crippen LogP contribution in [0.4, 0.5) is 0 Å². The minimum atomic E-state index is 0.0452. The van der Waals surface area contributed by atoms with Crippen LogP contribution >= 0.6 is 0 Å². The summed E-state index contributed by atoms with van der Waals surface area (Å²) in [7, 11) is 0. The third kappa shape index (κ3) is 5.48. The predicted molar refractivity (Wildman–Crippen MR) is 65.6 cm³/mol. The number of hydrogen-bond donors (Lipinski definition) is 2. The molecule has 100 valence electrons. The lowest BCUT2D eigenvalue weighted by Gasteiger charge is -2.17. The number of ether oxygens (including phenoxy) is 2. The van der Waals surface area contributed by atoms with Crippen LogP contribution in [-0.4, -0.2) is 44.9 Å². The summed E-state index contributed by atoms with van der Waals surface area (Å²) in [6.07, 6.45) is 2.77. The SMILES string of the molecule is CCC1OCCC1CNC(=O)CCOCCN. The first-order valence-corrected chi connectivity index (χ1v) is 6.44. The normalized spacial score (nSPS) is 23.9. The Morgan fingerprint density at radius 2 is 2.35 bits per heavy atom. The molecule has 1 amide bonds. The van der Waals surface area contributed by atoms with Crippen LogP contribution in [0.1, 0.15) is 26.2 Å². The first kappa shape index (κ1) is 14.4. The van der Waals surface area contributed by atoms with Crippen LogP contribution in [0, 0.1) is 5.92 Å². The van der Waals surface area contributed by atoms with Crippen molar-refractivity contribution in [1.29, 1.82) is 0 Å². The van der Waals surface area contributed by atoms with Crippen molar-refractivity contribution in [3.63, 3.8) is 0 Å². The Labute approximate surface area is 103 Å². The summed E-state index contributed by atoms with van der Waals surface area (Å²) >= 11 is 0. The van der Waals surface area contributed by atoms with Gasteiger partial charge in [0.2, 0.25) is 5.91 Å². The van der Waals surface area contributed by atoms with E-state index in [1.807, 2.05) is 0 Å². The standard InChI is InChI=1S/C12H24N2O3/c1-2-11-10(3-7-17-11)9-14-12(15)4-6-16-8-5-13/h10-11H,2-9,13H2,1H3,(H,14,15). The molecule has 1 saturated heterocycles. The predicted octanol–water partition coefficient (Wildman–Crippen LogP) is 0.283. The molecular weight excluding hydrogens is 220 g/mol. The van der Waals surface area contributed by atoms with Crippen LogP contribution in [0.2, 0.25) is 0 Å². The summed E-state index contributed by atoms with van der Waals surface area (Å²) in [6.45, 7) is 5.11. The van der Waals surface area contributed by atoms with Crippen molar-refractivity contribution in [2.75, 3.05) is 32.9 Å². The average molecular weight is 244 g/mol. The number of amides is 1. The van der Waals surface area contributed by atoms with Gasteiger partial charge in [-0.05, 0) is 12.8 Å². The van der Waals surface area contributed by atoms with Gasteiger partial charge in [-0.1, -0.05) is 6.92 Å². The largest absolute Gasteiger partial charge is 0.380 e. The third-order valence-corrected chi connectivity index (χ3v) is 3.05. The van der Waals surface area contributed by atoms with Crippen molar-refractivity contribution in [1.82, 2.24) is 5.32 Å². The first-order chi connectivity index (χ1) is 8.27. The van der Waals surface area contributed by atoms with Crippen LogP contribution < -0.4 is 11.1 Å². The topological polar surface area (TPSA) is 73.6 Å². The number of hydrogen-bond acceptors (Lipinski definition) is 4. The van der Waals surface area contributed by atoms with Gasteiger partial charge in [-0.3, -0.25) is 4.79 Å². The second-order valence-electron chi connectivity index (χ2n) is 4.32. The maximum atomic E-state index is 11.5. The molecule has 5 heteroatoms. The van der Waals surface area contributed by atoms with Gasteiger partial charge in [0, 0.05) is 32.0 Å². The molecule has 0 radical (unpaired) electrons. The molecule has 2 atom stereocenters. The highest BCUT2D eigenvalue weighted by atomic mass is 16.5. The van der Waals surface area contributed by atoms with E-state index in [1.54, 1.807) is 0 Å². The van der Waals surface area contributed by atoms with Gasteiger partial charge in [-0.2, -0.15) is 0 Å². The third-order valence-electron chi connectivity index (χ3n) is 3.05. The fourth-order valence-corrected chi connectivity index (χ4v) is 2.06. The molecule has 1 fully saturated rings. The van der Waals surface area contributed by atoms with Gasteiger partial charge in [0.15, 0.2) is 0 Å². The number of nitrogens with one attached hydrogen (secondary N) is 1. The lowest BCUT2D eigenvalue weighted by atomic mass is 10.00. The molecule has 0 bridgehead atoms. The zero-order chi connectivity index (χ0) is 12.5. The number of carbonyl (C=O) groups excluding carboxylic acids is 1. The first-order valence-electron chi connectivity index (χ1n) is 6.44. The van der Waals surface area contributed by atoms with Crippen LogP contribution in [-0.2, 0) is 14.3 Å². The fourth-order valence-electron chi connectivity index (χ4n) is 2.06. The highest BCUT2D eigenvalue weighted by Crippen LogP contribution is 2.22. The van der Waals surface area contributed by atoms with Gasteiger partial charge in [0.05, 0.1) is 19.3 Å². The molecule has 2 unspecified atom stereocenters. The van der Waals surface area contributed by atoms with Gasteiger partial charge in [0.25, 0.3) is 0 Å². The summed E-state index contributed by atoms with van der Waals surface area (Å²) in [6, 6.07) is 0. The zero-order valence-corrected chi connectivity index (χ0v) is 10.6. The second kappa shape index (κ2) is 8.44. The molecule has 1 aliphatic heterocycles. The summed E-state index contributed by atoms with van der Waals surface area (Å²) in [5, 5.41) is 2.94. The van der Waals surface area contributed by atoms with Crippen LogP contribution in [0.25, 0.3) is 0 Å². The molecule has 0 aromatic heterocycles. The number of rotatable bonds is 8. The Morgan fingerprint density at radius 3 is 3.06 bits per heavy atom. The van der Waals surface area contributed by atoms with E-state index in [4.69, 9.17) is 15.2 Å². The average Bonchev–Trinajstić information content (AvgIpc) is 2.79. The Morgan fingerprint density at radius 1 is 1.53 bits per heavy atom. The fraction of sp³-hybridized carbons (Fsp3) is 0.917. The summed E-state index contributed by atoms with van der Waals surface area (Å²) < 4.78 is 10.7.